The fourth-order valence-electron chi connectivity index (χ4n) is 4.12. The van der Waals surface area contributed by atoms with Gasteiger partial charge in [0.2, 0.25) is 0 Å². The highest BCUT2D eigenvalue weighted by Gasteiger charge is 2.28. The number of rotatable bonds is 7. The third-order valence-corrected chi connectivity index (χ3v) is 6.15. The molecule has 1 amide bonds. The van der Waals surface area contributed by atoms with E-state index in [-0.39, 0.29) is 11.9 Å². The highest BCUT2D eigenvalue weighted by molar-refractivity contribution is 6.30. The molecule has 0 saturated heterocycles. The molecular weight excluding hydrogens is 476 g/mol. The Balaban J connectivity index is 1.51. The number of nitrogens with one attached hydrogen (secondary N) is 2. The minimum atomic E-state index is -0.269. The number of amides is 1. The van der Waals surface area contributed by atoms with Gasteiger partial charge in [-0.2, -0.15) is 5.10 Å². The van der Waals surface area contributed by atoms with Crippen LogP contribution < -0.4 is 20.1 Å². The first-order valence-electron chi connectivity index (χ1n) is 11.6. The average Bonchev–Trinajstić information content (AvgIpc) is 3.34. The van der Waals surface area contributed by atoms with Gasteiger partial charge in [-0.1, -0.05) is 35.9 Å². The molecule has 1 aliphatic heterocycles. The van der Waals surface area contributed by atoms with E-state index in [1.165, 1.54) is 0 Å². The molecule has 1 aliphatic rings. The van der Waals surface area contributed by atoms with Crippen molar-refractivity contribution in [3.63, 3.8) is 0 Å². The van der Waals surface area contributed by atoms with Gasteiger partial charge in [0.05, 0.1) is 26.0 Å². The highest BCUT2D eigenvalue weighted by atomic mass is 35.5. The maximum Gasteiger partial charge on any atom is 0.261 e. The highest BCUT2D eigenvalue weighted by Crippen LogP contribution is 2.36. The van der Waals surface area contributed by atoms with E-state index in [9.17, 15) is 4.79 Å². The van der Waals surface area contributed by atoms with Crippen molar-refractivity contribution in [2.75, 3.05) is 24.4 Å². The minimum absolute atomic E-state index is 0.256. The van der Waals surface area contributed by atoms with Gasteiger partial charge in [0.1, 0.15) is 22.9 Å². The summed E-state index contributed by atoms with van der Waals surface area (Å²) in [5.74, 6) is 1.82. The number of aromatic nitrogens is 2. The summed E-state index contributed by atoms with van der Waals surface area (Å²) in [7, 11) is 1.64. The van der Waals surface area contributed by atoms with Crippen LogP contribution >= 0.6 is 11.6 Å². The van der Waals surface area contributed by atoms with Gasteiger partial charge in [0.25, 0.3) is 5.91 Å². The van der Waals surface area contributed by atoms with Gasteiger partial charge >= 0.3 is 0 Å². The minimum Gasteiger partial charge on any atom is -0.497 e. The maximum absolute atomic E-state index is 13.3. The van der Waals surface area contributed by atoms with Gasteiger partial charge < -0.3 is 20.1 Å². The molecule has 3 aromatic carbocycles. The molecule has 1 atom stereocenters. The molecule has 2 heterocycles. The molecule has 0 radical (unpaired) electrons. The molecule has 0 bridgehead atoms. The predicted octanol–water partition coefficient (Wildman–Crippen LogP) is 6.25. The number of nitrogens with zero attached hydrogens (tertiary/aromatic N) is 2. The van der Waals surface area contributed by atoms with E-state index in [1.54, 1.807) is 18.0 Å². The zero-order valence-corrected chi connectivity index (χ0v) is 20.6. The number of carbonyl (C=O) groups is 1. The van der Waals surface area contributed by atoms with Crippen molar-refractivity contribution in [2.24, 2.45) is 0 Å². The Labute approximate surface area is 214 Å². The monoisotopic (exact) mass is 500 g/mol. The van der Waals surface area contributed by atoms with E-state index in [2.05, 4.69) is 21.8 Å². The Morgan fingerprint density at radius 3 is 2.58 bits per heavy atom. The number of benzene rings is 3. The van der Waals surface area contributed by atoms with Crippen LogP contribution in [0.4, 0.5) is 11.5 Å². The van der Waals surface area contributed by atoms with Crippen LogP contribution in [0.5, 0.6) is 11.5 Å². The summed E-state index contributed by atoms with van der Waals surface area (Å²) in [5.41, 5.74) is 3.86. The number of ether oxygens (including phenoxy) is 2. The number of fused-ring (bicyclic) bond motifs is 1. The second-order valence-corrected chi connectivity index (χ2v) is 8.63. The van der Waals surface area contributed by atoms with Crippen molar-refractivity contribution in [3.05, 3.63) is 107 Å². The number of hydrogen-bond donors (Lipinski definition) is 2. The Hall–Kier alpha value is -4.23. The summed E-state index contributed by atoms with van der Waals surface area (Å²) in [6.07, 6.45) is 3.66. The Bertz CT molecular complexity index is 1410. The van der Waals surface area contributed by atoms with Crippen LogP contribution in [-0.4, -0.2) is 29.4 Å². The zero-order chi connectivity index (χ0) is 25.1. The molecule has 2 N–H and O–H groups in total. The van der Waals surface area contributed by atoms with E-state index in [1.807, 2.05) is 79.7 Å². The van der Waals surface area contributed by atoms with Gasteiger partial charge in [-0.3, -0.25) is 4.79 Å². The third kappa shape index (κ3) is 4.78. The molecule has 0 fully saturated rings. The van der Waals surface area contributed by atoms with Crippen LogP contribution in [0.25, 0.3) is 5.70 Å². The smallest absolute Gasteiger partial charge is 0.261 e. The first-order chi connectivity index (χ1) is 17.6. The van der Waals surface area contributed by atoms with Gasteiger partial charge in [-0.15, -0.1) is 0 Å². The number of methoxy groups -OCH3 is 1. The quantitative estimate of drug-likeness (QED) is 0.313. The molecule has 0 saturated carbocycles. The summed E-state index contributed by atoms with van der Waals surface area (Å²) in [4.78, 5) is 13.3. The molecule has 8 heteroatoms. The standard InChI is InChI=1S/C28H25ClN4O3/c1-3-36-22-13-11-21(12-14-22)31-28(34)24-17-30-33-26(19-5-4-6-23(15-19)35-2)16-25(32-27(24)33)18-7-9-20(29)10-8-18/h4-17,26,32H,3H2,1-2H3,(H,31,34). The fraction of sp³-hybridized carbons (Fsp3) is 0.143. The maximum atomic E-state index is 13.3. The van der Waals surface area contributed by atoms with Crippen molar-refractivity contribution < 1.29 is 14.3 Å². The topological polar surface area (TPSA) is 77.4 Å². The van der Waals surface area contributed by atoms with Crippen LogP contribution in [0.1, 0.15) is 34.5 Å². The number of anilines is 2. The lowest BCUT2D eigenvalue weighted by atomic mass is 10.0. The van der Waals surface area contributed by atoms with Gasteiger partial charge in [-0.05, 0) is 72.7 Å². The van der Waals surface area contributed by atoms with E-state index >= 15 is 0 Å². The molecule has 182 valence electrons. The van der Waals surface area contributed by atoms with Crippen LogP contribution in [0.2, 0.25) is 5.02 Å². The SMILES string of the molecule is CCOc1ccc(NC(=O)c2cnn3c2NC(c2ccc(Cl)cc2)=CC3c2cccc(OC)c2)cc1. The van der Waals surface area contributed by atoms with Gasteiger partial charge in [0.15, 0.2) is 0 Å². The number of halogens is 1. The molecule has 4 aromatic rings. The first kappa shape index (κ1) is 23.5. The number of carbonyl (C=O) groups excluding carboxylic acids is 1. The lowest BCUT2D eigenvalue weighted by molar-refractivity contribution is 0.102. The van der Waals surface area contributed by atoms with Gasteiger partial charge in [-0.25, -0.2) is 4.68 Å². The van der Waals surface area contributed by atoms with E-state index in [0.717, 1.165) is 28.3 Å². The molecular formula is C28H25ClN4O3. The fourth-order valence-corrected chi connectivity index (χ4v) is 4.25. The van der Waals surface area contributed by atoms with Gasteiger partial charge in [0, 0.05) is 16.4 Å². The summed E-state index contributed by atoms with van der Waals surface area (Å²) in [5, 5.41) is 11.6. The van der Waals surface area contributed by atoms with E-state index in [4.69, 9.17) is 21.1 Å². The molecule has 7 nitrogen and oxygen atoms in total. The van der Waals surface area contributed by atoms with Crippen LogP contribution in [0.15, 0.2) is 85.1 Å². The third-order valence-electron chi connectivity index (χ3n) is 5.89. The van der Waals surface area contributed by atoms with Crippen molar-refractivity contribution in [1.29, 1.82) is 0 Å². The normalized spacial score (nSPS) is 14.3. The molecule has 0 aliphatic carbocycles. The Morgan fingerprint density at radius 2 is 1.86 bits per heavy atom. The van der Waals surface area contributed by atoms with Crippen molar-refractivity contribution in [2.45, 2.75) is 13.0 Å². The summed E-state index contributed by atoms with van der Waals surface area (Å²) < 4.78 is 12.7. The lowest BCUT2D eigenvalue weighted by Gasteiger charge is -2.26. The van der Waals surface area contributed by atoms with E-state index in [0.29, 0.717) is 28.7 Å². The average molecular weight is 501 g/mol. The molecule has 5 rings (SSSR count). The molecule has 1 unspecified atom stereocenters. The van der Waals surface area contributed by atoms with Crippen LogP contribution in [0, 0.1) is 0 Å². The molecule has 1 aromatic heterocycles. The van der Waals surface area contributed by atoms with Crippen molar-refractivity contribution >= 4 is 34.7 Å². The summed E-state index contributed by atoms with van der Waals surface area (Å²) >= 11 is 6.11. The predicted molar refractivity (Wildman–Crippen MR) is 142 cm³/mol. The second kappa shape index (κ2) is 10.2. The number of allylic oxidation sites excluding steroid dienone is 1. The van der Waals surface area contributed by atoms with Crippen molar-refractivity contribution in [3.8, 4) is 11.5 Å². The number of hydrogen-bond acceptors (Lipinski definition) is 5. The second-order valence-electron chi connectivity index (χ2n) is 8.20. The largest absolute Gasteiger partial charge is 0.497 e. The van der Waals surface area contributed by atoms with Crippen molar-refractivity contribution in [1.82, 2.24) is 9.78 Å². The Morgan fingerprint density at radius 1 is 1.08 bits per heavy atom. The summed E-state index contributed by atoms with van der Waals surface area (Å²) in [6.45, 7) is 2.51. The zero-order valence-electron chi connectivity index (χ0n) is 19.9. The van der Waals surface area contributed by atoms with Crippen LogP contribution in [0.3, 0.4) is 0 Å². The molecule has 0 spiro atoms. The molecule has 36 heavy (non-hydrogen) atoms. The first-order valence-corrected chi connectivity index (χ1v) is 11.9. The van der Waals surface area contributed by atoms with E-state index < -0.39 is 0 Å². The van der Waals surface area contributed by atoms with Crippen LogP contribution in [-0.2, 0) is 0 Å². The Kier molecular flexibility index (Phi) is 6.64. The lowest BCUT2D eigenvalue weighted by Crippen LogP contribution is -2.22. The summed E-state index contributed by atoms with van der Waals surface area (Å²) in [6, 6.07) is 22.4.